The predicted molar refractivity (Wildman–Crippen MR) is 96.1 cm³/mol. The van der Waals surface area contributed by atoms with Crippen LogP contribution in [0.15, 0.2) is 18.2 Å². The molecule has 0 aromatic heterocycles. The van der Waals surface area contributed by atoms with Crippen LogP contribution in [0.25, 0.3) is 0 Å². The van der Waals surface area contributed by atoms with Crippen LogP contribution in [0, 0.1) is 5.92 Å². The van der Waals surface area contributed by atoms with E-state index in [-0.39, 0.29) is 17.7 Å². The van der Waals surface area contributed by atoms with E-state index in [9.17, 15) is 9.59 Å². The van der Waals surface area contributed by atoms with Crippen LogP contribution >= 0.6 is 0 Å². The lowest BCUT2D eigenvalue weighted by molar-refractivity contribution is -0.136. The molecule has 0 N–H and O–H groups in total. The highest BCUT2D eigenvalue weighted by Gasteiger charge is 2.31. The van der Waals surface area contributed by atoms with Crippen molar-refractivity contribution in [2.24, 2.45) is 5.92 Å². The van der Waals surface area contributed by atoms with Crippen LogP contribution in [-0.2, 0) is 4.79 Å². The quantitative estimate of drug-likeness (QED) is 0.792. The molecule has 6 heteroatoms. The maximum Gasteiger partial charge on any atom is 0.261 e. The minimum absolute atomic E-state index is 0.00325. The fourth-order valence-electron chi connectivity index (χ4n) is 3.34. The standard InChI is InChI=1S/C19H28N2O4/c1-5-20(6-2)18(22)14-10-12-21(13-11-14)19(23)17-15(24-3)8-7-9-16(17)25-4/h7-9,14H,5-6,10-13H2,1-4H3. The van der Waals surface area contributed by atoms with Crippen molar-refractivity contribution < 1.29 is 19.1 Å². The van der Waals surface area contributed by atoms with E-state index in [4.69, 9.17) is 9.47 Å². The molecule has 0 radical (unpaired) electrons. The van der Waals surface area contributed by atoms with Crippen molar-refractivity contribution in [2.45, 2.75) is 26.7 Å². The number of hydrogen-bond donors (Lipinski definition) is 0. The number of amides is 2. The lowest BCUT2D eigenvalue weighted by Crippen LogP contribution is -2.44. The van der Waals surface area contributed by atoms with Crippen molar-refractivity contribution in [3.8, 4) is 11.5 Å². The van der Waals surface area contributed by atoms with Gasteiger partial charge in [0, 0.05) is 32.1 Å². The molecule has 0 spiro atoms. The summed E-state index contributed by atoms with van der Waals surface area (Å²) in [4.78, 5) is 29.1. The first kappa shape index (κ1) is 19.1. The fourth-order valence-corrected chi connectivity index (χ4v) is 3.34. The topological polar surface area (TPSA) is 59.1 Å². The zero-order valence-corrected chi connectivity index (χ0v) is 15.6. The summed E-state index contributed by atoms with van der Waals surface area (Å²) in [5.74, 6) is 1.11. The van der Waals surface area contributed by atoms with Gasteiger partial charge in [-0.3, -0.25) is 9.59 Å². The van der Waals surface area contributed by atoms with E-state index >= 15 is 0 Å². The Morgan fingerprint density at radius 1 is 1.08 bits per heavy atom. The maximum absolute atomic E-state index is 13.0. The summed E-state index contributed by atoms with van der Waals surface area (Å²) in [6.45, 7) is 6.58. The Hall–Kier alpha value is -2.24. The molecule has 0 saturated carbocycles. The minimum atomic E-state index is -0.108. The summed E-state index contributed by atoms with van der Waals surface area (Å²) < 4.78 is 10.7. The van der Waals surface area contributed by atoms with Gasteiger partial charge in [0.15, 0.2) is 0 Å². The van der Waals surface area contributed by atoms with Gasteiger partial charge in [0.05, 0.1) is 14.2 Å². The Balaban J connectivity index is 2.09. The predicted octanol–water partition coefficient (Wildman–Crippen LogP) is 2.42. The van der Waals surface area contributed by atoms with Gasteiger partial charge < -0.3 is 19.3 Å². The number of ether oxygens (including phenoxy) is 2. The van der Waals surface area contributed by atoms with Gasteiger partial charge in [-0.2, -0.15) is 0 Å². The molecule has 138 valence electrons. The van der Waals surface area contributed by atoms with Crippen LogP contribution in [0.4, 0.5) is 0 Å². The number of piperidine rings is 1. The van der Waals surface area contributed by atoms with E-state index in [1.165, 1.54) is 0 Å². The molecule has 1 saturated heterocycles. The Labute approximate surface area is 149 Å². The Morgan fingerprint density at radius 3 is 2.04 bits per heavy atom. The fraction of sp³-hybridized carbons (Fsp3) is 0.579. The van der Waals surface area contributed by atoms with Gasteiger partial charge in [-0.25, -0.2) is 0 Å². The second kappa shape index (κ2) is 8.74. The number of rotatable bonds is 6. The van der Waals surface area contributed by atoms with Crippen LogP contribution < -0.4 is 9.47 Å². The summed E-state index contributed by atoms with van der Waals surface area (Å²) in [6.07, 6.45) is 1.39. The monoisotopic (exact) mass is 348 g/mol. The van der Waals surface area contributed by atoms with Crippen molar-refractivity contribution in [2.75, 3.05) is 40.4 Å². The van der Waals surface area contributed by atoms with Crippen LogP contribution in [-0.4, -0.2) is 62.0 Å². The van der Waals surface area contributed by atoms with E-state index in [1.807, 2.05) is 18.7 Å². The van der Waals surface area contributed by atoms with Crippen LogP contribution in [0.2, 0.25) is 0 Å². The lowest BCUT2D eigenvalue weighted by atomic mass is 9.94. The summed E-state index contributed by atoms with van der Waals surface area (Å²) in [5, 5.41) is 0. The van der Waals surface area contributed by atoms with Gasteiger partial charge in [-0.1, -0.05) is 6.07 Å². The largest absolute Gasteiger partial charge is 0.496 e. The van der Waals surface area contributed by atoms with Gasteiger partial charge in [0.2, 0.25) is 5.91 Å². The molecule has 2 rings (SSSR count). The zero-order chi connectivity index (χ0) is 18.4. The van der Waals surface area contributed by atoms with Crippen LogP contribution in [0.5, 0.6) is 11.5 Å². The molecule has 0 unspecified atom stereocenters. The molecule has 0 atom stereocenters. The summed E-state index contributed by atoms with van der Waals surface area (Å²) in [6, 6.07) is 5.31. The highest BCUT2D eigenvalue weighted by molar-refractivity contribution is 5.99. The van der Waals surface area contributed by atoms with Crippen molar-refractivity contribution in [3.05, 3.63) is 23.8 Å². The first-order chi connectivity index (χ1) is 12.1. The van der Waals surface area contributed by atoms with E-state index in [1.54, 1.807) is 37.3 Å². The number of hydrogen-bond acceptors (Lipinski definition) is 4. The third-order valence-electron chi connectivity index (χ3n) is 4.85. The molecule has 1 aliphatic rings. The molecule has 0 aliphatic carbocycles. The minimum Gasteiger partial charge on any atom is -0.496 e. The molecule has 1 fully saturated rings. The molecule has 2 amide bonds. The summed E-state index contributed by atoms with van der Waals surface area (Å²) >= 11 is 0. The van der Waals surface area contributed by atoms with Gasteiger partial charge >= 0.3 is 0 Å². The Kier molecular flexibility index (Phi) is 6.67. The first-order valence-electron chi connectivity index (χ1n) is 8.86. The molecule has 1 aromatic carbocycles. The summed E-state index contributed by atoms with van der Waals surface area (Å²) in [7, 11) is 3.08. The smallest absolute Gasteiger partial charge is 0.261 e. The third-order valence-corrected chi connectivity index (χ3v) is 4.85. The Bertz CT molecular complexity index is 583. The molecule has 6 nitrogen and oxygen atoms in total. The van der Waals surface area contributed by atoms with Gasteiger partial charge in [-0.05, 0) is 38.8 Å². The third kappa shape index (κ3) is 4.06. The van der Waals surface area contributed by atoms with E-state index < -0.39 is 0 Å². The van der Waals surface area contributed by atoms with Crippen molar-refractivity contribution >= 4 is 11.8 Å². The van der Waals surface area contributed by atoms with E-state index in [2.05, 4.69) is 0 Å². The molecule has 0 bridgehead atoms. The number of methoxy groups -OCH3 is 2. The molecule has 1 aromatic rings. The SMILES string of the molecule is CCN(CC)C(=O)C1CCN(C(=O)c2c(OC)cccc2OC)CC1. The highest BCUT2D eigenvalue weighted by Crippen LogP contribution is 2.31. The normalized spacial score (nSPS) is 15.0. The average molecular weight is 348 g/mol. The number of benzene rings is 1. The molecular weight excluding hydrogens is 320 g/mol. The molecular formula is C19H28N2O4. The van der Waals surface area contributed by atoms with E-state index in [0.717, 1.165) is 13.1 Å². The van der Waals surface area contributed by atoms with Gasteiger partial charge in [-0.15, -0.1) is 0 Å². The van der Waals surface area contributed by atoms with Crippen LogP contribution in [0.1, 0.15) is 37.0 Å². The Morgan fingerprint density at radius 2 is 1.60 bits per heavy atom. The molecule has 1 aliphatic heterocycles. The number of carbonyl (C=O) groups is 2. The van der Waals surface area contributed by atoms with Crippen LogP contribution in [0.3, 0.4) is 0 Å². The summed E-state index contributed by atoms with van der Waals surface area (Å²) in [5.41, 5.74) is 0.445. The van der Waals surface area contributed by atoms with Crippen molar-refractivity contribution in [1.29, 1.82) is 0 Å². The van der Waals surface area contributed by atoms with Gasteiger partial charge in [0.1, 0.15) is 17.1 Å². The van der Waals surface area contributed by atoms with Crippen molar-refractivity contribution in [3.63, 3.8) is 0 Å². The number of carbonyl (C=O) groups excluding carboxylic acids is 2. The molecule has 25 heavy (non-hydrogen) atoms. The lowest BCUT2D eigenvalue weighted by Gasteiger charge is -2.34. The number of nitrogens with zero attached hydrogens (tertiary/aromatic N) is 2. The maximum atomic E-state index is 13.0. The zero-order valence-electron chi connectivity index (χ0n) is 15.6. The second-order valence-corrected chi connectivity index (χ2v) is 6.11. The van der Waals surface area contributed by atoms with E-state index in [0.29, 0.717) is 43.0 Å². The number of likely N-dealkylation sites (tertiary alicyclic amines) is 1. The highest BCUT2D eigenvalue weighted by atomic mass is 16.5. The van der Waals surface area contributed by atoms with Gasteiger partial charge in [0.25, 0.3) is 5.91 Å². The van der Waals surface area contributed by atoms with Crippen molar-refractivity contribution in [1.82, 2.24) is 9.80 Å². The first-order valence-corrected chi connectivity index (χ1v) is 8.86. The molecule has 1 heterocycles. The second-order valence-electron chi connectivity index (χ2n) is 6.11. The average Bonchev–Trinajstić information content (AvgIpc) is 2.67.